The molecule has 0 aromatic heterocycles. The van der Waals surface area contributed by atoms with Gasteiger partial charge in [0.25, 0.3) is 5.91 Å². The summed E-state index contributed by atoms with van der Waals surface area (Å²) < 4.78 is 10.1. The smallest absolute Gasteiger partial charge is 0.344 e. The number of carbonyl (C=O) groups is 2. The van der Waals surface area contributed by atoms with Gasteiger partial charge in [-0.2, -0.15) is 5.26 Å². The van der Waals surface area contributed by atoms with E-state index in [-0.39, 0.29) is 17.3 Å². The molecule has 0 saturated carbocycles. The normalized spacial score (nSPS) is 9.88. The molecule has 0 fully saturated rings. The van der Waals surface area contributed by atoms with Crippen LogP contribution in [0.15, 0.2) is 48.5 Å². The average molecular weight is 393 g/mol. The van der Waals surface area contributed by atoms with Gasteiger partial charge in [-0.3, -0.25) is 9.69 Å². The van der Waals surface area contributed by atoms with Crippen molar-refractivity contribution in [3.05, 3.63) is 58.6 Å². The zero-order chi connectivity index (χ0) is 18.9. The monoisotopic (exact) mass is 392 g/mol. The summed E-state index contributed by atoms with van der Waals surface area (Å²) in [7, 11) is 0. The van der Waals surface area contributed by atoms with Gasteiger partial charge >= 0.3 is 5.97 Å². The summed E-state index contributed by atoms with van der Waals surface area (Å²) in [6.45, 7) is -1.08. The van der Waals surface area contributed by atoms with Crippen LogP contribution in [0.2, 0.25) is 10.0 Å². The highest BCUT2D eigenvalue weighted by Gasteiger charge is 2.17. The van der Waals surface area contributed by atoms with E-state index in [1.54, 1.807) is 36.4 Å². The Bertz CT molecular complexity index is 822. The zero-order valence-electron chi connectivity index (χ0n) is 13.5. The lowest BCUT2D eigenvalue weighted by Gasteiger charge is -2.19. The number of rotatable bonds is 7. The van der Waals surface area contributed by atoms with Crippen LogP contribution in [0.3, 0.4) is 0 Å². The number of anilines is 1. The molecule has 0 saturated heterocycles. The molecule has 2 aromatic carbocycles. The summed E-state index contributed by atoms with van der Waals surface area (Å²) in [5.41, 5.74) is 0.541. The summed E-state index contributed by atoms with van der Waals surface area (Å²) in [5, 5.41) is 9.58. The lowest BCUT2D eigenvalue weighted by atomic mass is 10.3. The Labute approximate surface area is 160 Å². The second-order valence-corrected chi connectivity index (χ2v) is 5.84. The molecule has 0 heterocycles. The molecule has 0 unspecified atom stereocenters. The first-order chi connectivity index (χ1) is 12.5. The highest BCUT2D eigenvalue weighted by Crippen LogP contribution is 2.27. The van der Waals surface area contributed by atoms with Crippen LogP contribution in [0.25, 0.3) is 0 Å². The third-order valence-electron chi connectivity index (χ3n) is 3.19. The van der Waals surface area contributed by atoms with Crippen LogP contribution in [0.5, 0.6) is 5.75 Å². The van der Waals surface area contributed by atoms with Gasteiger partial charge in [-0.05, 0) is 30.3 Å². The average Bonchev–Trinajstić information content (AvgIpc) is 2.64. The van der Waals surface area contributed by atoms with E-state index in [1.165, 1.54) is 17.0 Å². The number of ether oxygens (including phenoxy) is 2. The number of amides is 1. The van der Waals surface area contributed by atoms with Crippen LogP contribution in [-0.4, -0.2) is 31.6 Å². The van der Waals surface area contributed by atoms with Gasteiger partial charge in [0.2, 0.25) is 0 Å². The largest absolute Gasteiger partial charge is 0.480 e. The molecule has 1 amide bonds. The highest BCUT2D eigenvalue weighted by molar-refractivity contribution is 6.35. The maximum absolute atomic E-state index is 12.2. The van der Waals surface area contributed by atoms with Gasteiger partial charge < -0.3 is 9.47 Å². The Balaban J connectivity index is 1.87. The van der Waals surface area contributed by atoms with E-state index in [0.29, 0.717) is 10.7 Å². The molecule has 0 radical (unpaired) electrons. The summed E-state index contributed by atoms with van der Waals surface area (Å²) >= 11 is 11.7. The van der Waals surface area contributed by atoms with Gasteiger partial charge in [0.05, 0.1) is 11.1 Å². The minimum absolute atomic E-state index is 0.155. The fourth-order valence-electron chi connectivity index (χ4n) is 1.99. The molecule has 2 aromatic rings. The van der Waals surface area contributed by atoms with E-state index in [0.717, 1.165) is 0 Å². The standard InChI is InChI=1S/C18H14Cl2N2O4/c19-13-6-7-16(15(20)10-13)25-12-18(24)26-11-17(23)22(9-8-21)14-4-2-1-3-5-14/h1-7,10H,9,11-12H2. The third kappa shape index (κ3) is 5.66. The Morgan fingerprint density at radius 2 is 1.81 bits per heavy atom. The molecular formula is C18H14Cl2N2O4. The van der Waals surface area contributed by atoms with Gasteiger partial charge in [-0.1, -0.05) is 41.4 Å². The van der Waals surface area contributed by atoms with Crippen molar-refractivity contribution in [2.75, 3.05) is 24.7 Å². The van der Waals surface area contributed by atoms with Crippen molar-refractivity contribution in [1.82, 2.24) is 0 Å². The second kappa shape index (κ2) is 9.66. The number of para-hydroxylation sites is 1. The number of hydrogen-bond donors (Lipinski definition) is 0. The first-order valence-corrected chi connectivity index (χ1v) is 8.22. The third-order valence-corrected chi connectivity index (χ3v) is 3.72. The molecule has 0 spiro atoms. The topological polar surface area (TPSA) is 79.6 Å². The molecule has 8 heteroatoms. The number of hydrogen-bond acceptors (Lipinski definition) is 5. The van der Waals surface area contributed by atoms with Crippen LogP contribution in [0, 0.1) is 11.3 Å². The van der Waals surface area contributed by atoms with Gasteiger partial charge in [-0.25, -0.2) is 4.79 Å². The van der Waals surface area contributed by atoms with E-state index in [9.17, 15) is 9.59 Å². The van der Waals surface area contributed by atoms with Gasteiger partial charge in [0.1, 0.15) is 12.3 Å². The quantitative estimate of drug-likeness (QED) is 0.532. The summed E-state index contributed by atoms with van der Waals surface area (Å²) in [5.74, 6) is -0.986. The zero-order valence-corrected chi connectivity index (χ0v) is 15.0. The van der Waals surface area contributed by atoms with E-state index in [1.807, 2.05) is 6.07 Å². The molecule has 134 valence electrons. The van der Waals surface area contributed by atoms with E-state index in [2.05, 4.69) is 0 Å². The first kappa shape index (κ1) is 19.6. The number of nitriles is 1. The maximum atomic E-state index is 12.2. The van der Waals surface area contributed by atoms with Crippen molar-refractivity contribution in [3.8, 4) is 11.8 Å². The van der Waals surface area contributed by atoms with Crippen molar-refractivity contribution in [1.29, 1.82) is 5.26 Å². The Hall–Kier alpha value is -2.75. The van der Waals surface area contributed by atoms with Crippen LogP contribution < -0.4 is 9.64 Å². The van der Waals surface area contributed by atoms with E-state index >= 15 is 0 Å². The number of benzene rings is 2. The van der Waals surface area contributed by atoms with E-state index in [4.69, 9.17) is 37.9 Å². The molecule has 26 heavy (non-hydrogen) atoms. The number of nitrogens with zero attached hydrogens (tertiary/aromatic N) is 2. The summed E-state index contributed by atoms with van der Waals surface area (Å²) in [6.07, 6.45) is 0. The molecule has 0 aliphatic heterocycles. The minimum Gasteiger partial charge on any atom is -0.480 e. The molecule has 2 rings (SSSR count). The SMILES string of the molecule is N#CCN(C(=O)COC(=O)COc1ccc(Cl)cc1Cl)c1ccccc1. The Morgan fingerprint density at radius 1 is 1.08 bits per heavy atom. The molecule has 0 atom stereocenters. The summed E-state index contributed by atoms with van der Waals surface area (Å²) in [4.78, 5) is 25.2. The first-order valence-electron chi connectivity index (χ1n) is 7.47. The van der Waals surface area contributed by atoms with Crippen molar-refractivity contribution >= 4 is 40.8 Å². The molecule has 0 aliphatic rings. The number of halogens is 2. The summed E-state index contributed by atoms with van der Waals surface area (Å²) in [6, 6.07) is 15.1. The second-order valence-electron chi connectivity index (χ2n) is 5.00. The van der Waals surface area contributed by atoms with Crippen LogP contribution in [-0.2, 0) is 14.3 Å². The minimum atomic E-state index is -0.741. The number of esters is 1. The van der Waals surface area contributed by atoms with Crippen molar-refractivity contribution in [3.63, 3.8) is 0 Å². The van der Waals surface area contributed by atoms with Crippen LogP contribution in [0.1, 0.15) is 0 Å². The lowest BCUT2D eigenvalue weighted by molar-refractivity contribution is -0.149. The maximum Gasteiger partial charge on any atom is 0.344 e. The Kier molecular flexibility index (Phi) is 7.27. The Morgan fingerprint density at radius 3 is 2.46 bits per heavy atom. The fourth-order valence-corrected chi connectivity index (χ4v) is 2.46. The van der Waals surface area contributed by atoms with Gasteiger partial charge in [-0.15, -0.1) is 0 Å². The van der Waals surface area contributed by atoms with Crippen molar-refractivity contribution in [2.24, 2.45) is 0 Å². The van der Waals surface area contributed by atoms with E-state index < -0.39 is 25.1 Å². The molecular weight excluding hydrogens is 379 g/mol. The highest BCUT2D eigenvalue weighted by atomic mass is 35.5. The molecule has 0 aliphatic carbocycles. The number of carbonyl (C=O) groups excluding carboxylic acids is 2. The fraction of sp³-hybridized carbons (Fsp3) is 0.167. The van der Waals surface area contributed by atoms with Crippen molar-refractivity contribution in [2.45, 2.75) is 0 Å². The predicted octanol–water partition coefficient (Wildman–Crippen LogP) is 3.47. The van der Waals surface area contributed by atoms with Crippen LogP contribution >= 0.6 is 23.2 Å². The van der Waals surface area contributed by atoms with Crippen LogP contribution in [0.4, 0.5) is 5.69 Å². The van der Waals surface area contributed by atoms with Gasteiger partial charge in [0, 0.05) is 10.7 Å². The molecule has 6 nitrogen and oxygen atoms in total. The molecule has 0 N–H and O–H groups in total. The molecule has 0 bridgehead atoms. The lowest BCUT2D eigenvalue weighted by Crippen LogP contribution is -2.35. The van der Waals surface area contributed by atoms with Gasteiger partial charge in [0.15, 0.2) is 13.2 Å². The van der Waals surface area contributed by atoms with Crippen molar-refractivity contribution < 1.29 is 19.1 Å². The predicted molar refractivity (Wildman–Crippen MR) is 97.3 cm³/mol.